The van der Waals surface area contributed by atoms with Crippen molar-refractivity contribution in [2.45, 2.75) is 71.1 Å². The number of ether oxygens (including phenoxy) is 1. The predicted octanol–water partition coefficient (Wildman–Crippen LogP) is 6.28. The smallest absolute Gasteiger partial charge is 0.124 e. The van der Waals surface area contributed by atoms with Gasteiger partial charge in [0.25, 0.3) is 0 Å². The van der Waals surface area contributed by atoms with Crippen molar-refractivity contribution in [3.05, 3.63) is 65.7 Å². The Labute approximate surface area is 159 Å². The fourth-order valence-electron chi connectivity index (χ4n) is 4.04. The molecule has 26 heavy (non-hydrogen) atoms. The van der Waals surface area contributed by atoms with E-state index in [-0.39, 0.29) is 6.10 Å². The average Bonchev–Trinajstić information content (AvgIpc) is 2.69. The van der Waals surface area contributed by atoms with Gasteiger partial charge in [-0.05, 0) is 37.8 Å². The molecular weight excluding hydrogens is 318 g/mol. The van der Waals surface area contributed by atoms with Crippen LogP contribution in [-0.2, 0) is 6.54 Å². The zero-order valence-electron chi connectivity index (χ0n) is 16.3. The lowest BCUT2D eigenvalue weighted by Gasteiger charge is -2.25. The quantitative estimate of drug-likeness (QED) is 0.604. The van der Waals surface area contributed by atoms with Gasteiger partial charge in [-0.1, -0.05) is 80.6 Å². The summed E-state index contributed by atoms with van der Waals surface area (Å²) in [6.45, 7) is 5.31. The molecule has 0 heterocycles. The number of rotatable bonds is 8. The first-order valence-electron chi connectivity index (χ1n) is 10.3. The zero-order valence-corrected chi connectivity index (χ0v) is 16.3. The van der Waals surface area contributed by atoms with Crippen LogP contribution in [0.25, 0.3) is 0 Å². The monoisotopic (exact) mass is 351 g/mol. The van der Waals surface area contributed by atoms with Gasteiger partial charge in [0.05, 0.1) is 0 Å². The van der Waals surface area contributed by atoms with Gasteiger partial charge in [0.15, 0.2) is 0 Å². The second-order valence-electron chi connectivity index (χ2n) is 7.80. The topological polar surface area (TPSA) is 21.3 Å². The Kier molecular flexibility index (Phi) is 7.13. The summed E-state index contributed by atoms with van der Waals surface area (Å²) in [7, 11) is 0. The maximum atomic E-state index is 6.27. The number of benzene rings is 2. The molecule has 0 spiro atoms. The fourth-order valence-corrected chi connectivity index (χ4v) is 4.04. The maximum absolute atomic E-state index is 6.27. The number of nitrogens with one attached hydrogen (secondary N) is 1. The average molecular weight is 352 g/mol. The van der Waals surface area contributed by atoms with Gasteiger partial charge in [-0.15, -0.1) is 0 Å². The molecular formula is C24H33NO. The third-order valence-electron chi connectivity index (χ3n) is 5.60. The van der Waals surface area contributed by atoms with Gasteiger partial charge in [0, 0.05) is 18.2 Å². The number of hydrogen-bond acceptors (Lipinski definition) is 2. The molecule has 1 saturated carbocycles. The third kappa shape index (κ3) is 5.60. The van der Waals surface area contributed by atoms with E-state index in [2.05, 4.69) is 67.7 Å². The molecule has 2 atom stereocenters. The molecule has 1 unspecified atom stereocenters. The maximum Gasteiger partial charge on any atom is 0.124 e. The largest absolute Gasteiger partial charge is 0.486 e. The zero-order chi connectivity index (χ0) is 18.2. The van der Waals surface area contributed by atoms with E-state index in [0.717, 1.165) is 18.2 Å². The highest BCUT2D eigenvalue weighted by atomic mass is 16.5. The molecule has 1 N–H and O–H groups in total. The summed E-state index contributed by atoms with van der Waals surface area (Å²) < 4.78 is 6.27. The first-order valence-corrected chi connectivity index (χ1v) is 10.3. The van der Waals surface area contributed by atoms with E-state index in [1.165, 1.54) is 49.7 Å². The Morgan fingerprint density at radius 2 is 1.62 bits per heavy atom. The Morgan fingerprint density at radius 1 is 0.923 bits per heavy atom. The molecule has 140 valence electrons. The highest BCUT2D eigenvalue weighted by Gasteiger charge is 2.17. The van der Waals surface area contributed by atoms with Crippen LogP contribution < -0.4 is 10.1 Å². The molecule has 0 bridgehead atoms. The van der Waals surface area contributed by atoms with Gasteiger partial charge < -0.3 is 10.1 Å². The van der Waals surface area contributed by atoms with Gasteiger partial charge in [0.1, 0.15) is 11.9 Å². The summed E-state index contributed by atoms with van der Waals surface area (Å²) in [5.74, 6) is 1.90. The summed E-state index contributed by atoms with van der Waals surface area (Å²) in [4.78, 5) is 0. The Hall–Kier alpha value is -1.80. The van der Waals surface area contributed by atoms with Crippen LogP contribution in [0, 0.1) is 5.92 Å². The highest BCUT2D eigenvalue weighted by Crippen LogP contribution is 2.28. The Bertz CT molecular complexity index is 648. The van der Waals surface area contributed by atoms with E-state index < -0.39 is 0 Å². The second kappa shape index (κ2) is 9.78. The minimum Gasteiger partial charge on any atom is -0.486 e. The van der Waals surface area contributed by atoms with E-state index in [0.29, 0.717) is 6.04 Å². The lowest BCUT2D eigenvalue weighted by Crippen LogP contribution is -2.28. The fraction of sp³-hybridized carbons (Fsp3) is 0.500. The van der Waals surface area contributed by atoms with Gasteiger partial charge in [-0.3, -0.25) is 0 Å². The minimum atomic E-state index is 0.0528. The normalized spacial score (nSPS) is 17.6. The molecule has 0 aliphatic heterocycles. The second-order valence-corrected chi connectivity index (χ2v) is 7.80. The van der Waals surface area contributed by atoms with Gasteiger partial charge >= 0.3 is 0 Å². The predicted molar refractivity (Wildman–Crippen MR) is 109 cm³/mol. The van der Waals surface area contributed by atoms with E-state index >= 15 is 0 Å². The van der Waals surface area contributed by atoms with E-state index in [9.17, 15) is 0 Å². The molecule has 2 nitrogen and oxygen atoms in total. The van der Waals surface area contributed by atoms with Crippen molar-refractivity contribution in [3.63, 3.8) is 0 Å². The van der Waals surface area contributed by atoms with Crippen LogP contribution in [0.15, 0.2) is 54.6 Å². The molecule has 1 aliphatic carbocycles. The van der Waals surface area contributed by atoms with Gasteiger partial charge in [-0.2, -0.15) is 0 Å². The van der Waals surface area contributed by atoms with Crippen molar-refractivity contribution in [2.75, 3.05) is 0 Å². The van der Waals surface area contributed by atoms with Crippen molar-refractivity contribution < 1.29 is 4.74 Å². The molecule has 0 amide bonds. The van der Waals surface area contributed by atoms with Crippen molar-refractivity contribution >= 4 is 0 Å². The summed E-state index contributed by atoms with van der Waals surface area (Å²) >= 11 is 0. The van der Waals surface area contributed by atoms with Crippen LogP contribution in [0.1, 0.15) is 69.6 Å². The highest BCUT2D eigenvalue weighted by molar-refractivity contribution is 5.34. The number of hydrogen-bond donors (Lipinski definition) is 1. The van der Waals surface area contributed by atoms with Crippen LogP contribution in [0.3, 0.4) is 0 Å². The summed E-state index contributed by atoms with van der Waals surface area (Å²) in [6.07, 6.45) is 8.46. The summed E-state index contributed by atoms with van der Waals surface area (Å²) in [5, 5.41) is 3.72. The minimum absolute atomic E-state index is 0.0528. The molecule has 1 aliphatic rings. The summed E-state index contributed by atoms with van der Waals surface area (Å²) in [6, 6.07) is 19.4. The molecule has 3 rings (SSSR count). The molecule has 0 radical (unpaired) electrons. The molecule has 1 fully saturated rings. The van der Waals surface area contributed by atoms with E-state index in [4.69, 9.17) is 4.74 Å². The lowest BCUT2D eigenvalue weighted by molar-refractivity contribution is 0.223. The molecule has 0 aromatic heterocycles. The molecule has 2 aromatic carbocycles. The standard InChI is InChI=1S/C24H33NO/c1-19(17-21-11-5-3-6-12-21)25-18-23-15-9-10-16-24(23)26-20(2)22-13-7-4-8-14-22/h4,7-10,13-16,19-21,25H,3,5-6,11-12,17-18H2,1-2H3/t19-,20?/m0/s1. The molecule has 0 saturated heterocycles. The van der Waals surface area contributed by atoms with Crippen molar-refractivity contribution in [1.82, 2.24) is 5.32 Å². The first-order chi connectivity index (χ1) is 12.7. The van der Waals surface area contributed by atoms with E-state index in [1.807, 2.05) is 6.07 Å². The van der Waals surface area contributed by atoms with Crippen LogP contribution in [0.5, 0.6) is 5.75 Å². The Morgan fingerprint density at radius 3 is 2.38 bits per heavy atom. The van der Waals surface area contributed by atoms with Gasteiger partial charge in [-0.25, -0.2) is 0 Å². The van der Waals surface area contributed by atoms with Crippen LogP contribution >= 0.6 is 0 Å². The van der Waals surface area contributed by atoms with Crippen molar-refractivity contribution in [1.29, 1.82) is 0 Å². The van der Waals surface area contributed by atoms with Crippen molar-refractivity contribution in [3.8, 4) is 5.75 Å². The van der Waals surface area contributed by atoms with Crippen molar-refractivity contribution in [2.24, 2.45) is 5.92 Å². The van der Waals surface area contributed by atoms with Crippen LogP contribution in [-0.4, -0.2) is 6.04 Å². The van der Waals surface area contributed by atoms with Crippen LogP contribution in [0.4, 0.5) is 0 Å². The lowest BCUT2D eigenvalue weighted by atomic mass is 9.85. The molecule has 2 heteroatoms. The third-order valence-corrected chi connectivity index (χ3v) is 5.60. The summed E-state index contributed by atoms with van der Waals surface area (Å²) in [5.41, 5.74) is 2.45. The Balaban J connectivity index is 1.55. The first kappa shape index (κ1) is 19.0. The molecule has 2 aromatic rings. The number of para-hydroxylation sites is 1. The SMILES string of the molecule is CC(Oc1ccccc1CN[C@@H](C)CC1CCCCC1)c1ccccc1. The van der Waals surface area contributed by atoms with Crippen LogP contribution in [0.2, 0.25) is 0 Å². The van der Waals surface area contributed by atoms with Gasteiger partial charge in [0.2, 0.25) is 0 Å². The van der Waals surface area contributed by atoms with E-state index in [1.54, 1.807) is 0 Å².